The van der Waals surface area contributed by atoms with Crippen molar-refractivity contribution >= 4 is 51.0 Å². The number of carbonyl (C=O) groups is 1. The molecule has 0 radical (unpaired) electrons. The predicted molar refractivity (Wildman–Crippen MR) is 128 cm³/mol. The summed E-state index contributed by atoms with van der Waals surface area (Å²) >= 11 is 3.38. The maximum absolute atomic E-state index is 12.4. The quantitative estimate of drug-likeness (QED) is 0.258. The fourth-order valence-corrected chi connectivity index (χ4v) is 4.12. The molecule has 1 N–H and O–H groups in total. The average Bonchev–Trinajstić information content (AvgIpc) is 3.15. The molecule has 0 aliphatic heterocycles. The summed E-state index contributed by atoms with van der Waals surface area (Å²) < 4.78 is 12.3. The van der Waals surface area contributed by atoms with Crippen LogP contribution in [0, 0.1) is 28.7 Å². The lowest BCUT2D eigenvalue weighted by atomic mass is 10.1. The molecule has 0 spiro atoms. The third-order valence-corrected chi connectivity index (χ3v) is 5.70. The molecule has 31 heavy (non-hydrogen) atoms. The molecular weight excluding hydrogens is 527 g/mol. The summed E-state index contributed by atoms with van der Waals surface area (Å²) in [6.45, 7) is 4.21. The number of amides is 1. The molecule has 0 unspecified atom stereocenters. The van der Waals surface area contributed by atoms with Crippen LogP contribution in [-0.4, -0.2) is 23.2 Å². The number of hydrogen-bond donors (Lipinski definition) is 1. The Morgan fingerprint density at radius 2 is 2.10 bits per heavy atom. The van der Waals surface area contributed by atoms with E-state index in [1.165, 1.54) is 17.4 Å². The van der Waals surface area contributed by atoms with E-state index in [1.54, 1.807) is 20.1 Å². The van der Waals surface area contributed by atoms with Crippen LogP contribution in [0.15, 0.2) is 42.0 Å². The Hall–Kier alpha value is -2.97. The Morgan fingerprint density at radius 3 is 2.74 bits per heavy atom. The standard InChI is InChI=1S/C22H19IN4O3S/c1-13-5-4-6-15(7-13)12-30-20-18(23)9-16(10-19(20)29-3)8-17(11-24)21(28)25-22-27-26-14(2)31-22/h4-10H,12H2,1-3H3,(H,25,27,28)/b17-8-. The van der Waals surface area contributed by atoms with Crippen molar-refractivity contribution in [2.75, 3.05) is 12.4 Å². The fraction of sp³-hybridized carbons (Fsp3) is 0.182. The van der Waals surface area contributed by atoms with Gasteiger partial charge < -0.3 is 9.47 Å². The van der Waals surface area contributed by atoms with Gasteiger partial charge in [-0.05, 0) is 65.8 Å². The second-order valence-corrected chi connectivity index (χ2v) is 8.91. The lowest BCUT2D eigenvalue weighted by Crippen LogP contribution is -2.13. The molecule has 7 nitrogen and oxygen atoms in total. The molecule has 0 fully saturated rings. The van der Waals surface area contributed by atoms with Gasteiger partial charge >= 0.3 is 0 Å². The van der Waals surface area contributed by atoms with E-state index in [2.05, 4.69) is 44.2 Å². The molecule has 158 valence electrons. The van der Waals surface area contributed by atoms with E-state index in [4.69, 9.17) is 9.47 Å². The Morgan fingerprint density at radius 1 is 1.29 bits per heavy atom. The van der Waals surface area contributed by atoms with Gasteiger partial charge in [0.05, 0.1) is 10.7 Å². The Balaban J connectivity index is 1.81. The molecule has 2 aromatic carbocycles. The number of hydrogen-bond acceptors (Lipinski definition) is 7. The summed E-state index contributed by atoms with van der Waals surface area (Å²) in [4.78, 5) is 12.4. The number of nitrogens with zero attached hydrogens (tertiary/aromatic N) is 3. The van der Waals surface area contributed by atoms with Crippen LogP contribution in [0.25, 0.3) is 6.08 Å². The van der Waals surface area contributed by atoms with Gasteiger partial charge in [-0.2, -0.15) is 5.26 Å². The van der Waals surface area contributed by atoms with Gasteiger partial charge in [-0.3, -0.25) is 10.1 Å². The number of halogens is 1. The van der Waals surface area contributed by atoms with Crippen LogP contribution < -0.4 is 14.8 Å². The minimum atomic E-state index is -0.549. The maximum Gasteiger partial charge on any atom is 0.268 e. The molecule has 0 bridgehead atoms. The van der Waals surface area contributed by atoms with Gasteiger partial charge in [0.2, 0.25) is 5.13 Å². The summed E-state index contributed by atoms with van der Waals surface area (Å²) in [7, 11) is 1.55. The van der Waals surface area contributed by atoms with Crippen molar-refractivity contribution in [3.05, 3.63) is 67.2 Å². The van der Waals surface area contributed by atoms with Gasteiger partial charge in [-0.1, -0.05) is 41.2 Å². The second kappa shape index (κ2) is 10.4. The first-order chi connectivity index (χ1) is 14.9. The van der Waals surface area contributed by atoms with Crippen molar-refractivity contribution in [2.24, 2.45) is 0 Å². The molecule has 0 saturated heterocycles. The number of nitriles is 1. The highest BCUT2D eigenvalue weighted by molar-refractivity contribution is 14.1. The van der Waals surface area contributed by atoms with Crippen LogP contribution in [0.3, 0.4) is 0 Å². The molecule has 0 aliphatic carbocycles. The minimum Gasteiger partial charge on any atom is -0.493 e. The van der Waals surface area contributed by atoms with Crippen molar-refractivity contribution in [3.63, 3.8) is 0 Å². The highest BCUT2D eigenvalue weighted by atomic mass is 127. The highest BCUT2D eigenvalue weighted by Crippen LogP contribution is 2.35. The lowest BCUT2D eigenvalue weighted by molar-refractivity contribution is -0.112. The normalized spacial score (nSPS) is 11.0. The van der Waals surface area contributed by atoms with Gasteiger partial charge in [0.15, 0.2) is 11.5 Å². The second-order valence-electron chi connectivity index (χ2n) is 6.56. The average molecular weight is 546 g/mol. The topological polar surface area (TPSA) is 97.1 Å². The lowest BCUT2D eigenvalue weighted by Gasteiger charge is -2.14. The van der Waals surface area contributed by atoms with E-state index in [1.807, 2.05) is 37.3 Å². The van der Waals surface area contributed by atoms with E-state index in [0.717, 1.165) is 19.7 Å². The summed E-state index contributed by atoms with van der Waals surface area (Å²) in [6, 6.07) is 13.6. The van der Waals surface area contributed by atoms with Gasteiger partial charge in [-0.25, -0.2) is 0 Å². The number of benzene rings is 2. The molecule has 3 aromatic rings. The number of rotatable bonds is 7. The Kier molecular flexibility index (Phi) is 7.59. The zero-order valence-electron chi connectivity index (χ0n) is 17.1. The zero-order valence-corrected chi connectivity index (χ0v) is 20.1. The van der Waals surface area contributed by atoms with E-state index in [0.29, 0.717) is 28.8 Å². The third kappa shape index (κ3) is 6.02. The van der Waals surface area contributed by atoms with Crippen molar-refractivity contribution in [1.82, 2.24) is 10.2 Å². The molecule has 1 heterocycles. The summed E-state index contributed by atoms with van der Waals surface area (Å²) in [5, 5.41) is 20.8. The number of anilines is 1. The van der Waals surface area contributed by atoms with Crippen molar-refractivity contribution in [3.8, 4) is 17.6 Å². The predicted octanol–water partition coefficient (Wildman–Crippen LogP) is 4.89. The van der Waals surface area contributed by atoms with Crippen LogP contribution in [0.2, 0.25) is 0 Å². The van der Waals surface area contributed by atoms with Crippen molar-refractivity contribution in [1.29, 1.82) is 5.26 Å². The molecule has 9 heteroatoms. The number of nitrogens with one attached hydrogen (secondary N) is 1. The molecule has 3 rings (SSSR count). The molecule has 1 aromatic heterocycles. The first-order valence-corrected chi connectivity index (χ1v) is 11.1. The van der Waals surface area contributed by atoms with E-state index < -0.39 is 5.91 Å². The van der Waals surface area contributed by atoms with Crippen molar-refractivity contribution < 1.29 is 14.3 Å². The van der Waals surface area contributed by atoms with Crippen LogP contribution in [0.5, 0.6) is 11.5 Å². The maximum atomic E-state index is 12.4. The molecule has 1 amide bonds. The number of carbonyl (C=O) groups excluding carboxylic acids is 1. The van der Waals surface area contributed by atoms with E-state index >= 15 is 0 Å². The van der Waals surface area contributed by atoms with E-state index in [9.17, 15) is 10.1 Å². The fourth-order valence-electron chi connectivity index (χ4n) is 2.75. The van der Waals surface area contributed by atoms with Crippen LogP contribution >= 0.6 is 33.9 Å². The largest absolute Gasteiger partial charge is 0.493 e. The summed E-state index contributed by atoms with van der Waals surface area (Å²) in [5.41, 5.74) is 2.80. The van der Waals surface area contributed by atoms with Gasteiger partial charge in [0, 0.05) is 0 Å². The minimum absolute atomic E-state index is 0.0564. The van der Waals surface area contributed by atoms with Gasteiger partial charge in [0.1, 0.15) is 23.3 Å². The summed E-state index contributed by atoms with van der Waals surface area (Å²) in [5.74, 6) is 0.574. The Labute approximate surface area is 197 Å². The Bertz CT molecular complexity index is 1180. The number of aromatic nitrogens is 2. The first kappa shape index (κ1) is 22.7. The smallest absolute Gasteiger partial charge is 0.268 e. The van der Waals surface area contributed by atoms with Crippen LogP contribution in [-0.2, 0) is 11.4 Å². The van der Waals surface area contributed by atoms with Crippen molar-refractivity contribution in [2.45, 2.75) is 20.5 Å². The highest BCUT2D eigenvalue weighted by Gasteiger charge is 2.15. The molecule has 0 aliphatic rings. The number of methoxy groups -OCH3 is 1. The number of ether oxygens (including phenoxy) is 2. The monoisotopic (exact) mass is 546 g/mol. The third-order valence-electron chi connectivity index (χ3n) is 4.14. The molecule has 0 atom stereocenters. The van der Waals surface area contributed by atoms with E-state index in [-0.39, 0.29) is 5.57 Å². The SMILES string of the molecule is COc1cc(/C=C(/C#N)C(=O)Nc2nnc(C)s2)cc(I)c1OCc1cccc(C)c1. The number of aryl methyl sites for hydroxylation is 2. The molecule has 0 saturated carbocycles. The molecular formula is C22H19IN4O3S. The van der Waals surface area contributed by atoms with Crippen LogP contribution in [0.1, 0.15) is 21.7 Å². The summed E-state index contributed by atoms with van der Waals surface area (Å²) in [6.07, 6.45) is 1.50. The van der Waals surface area contributed by atoms with Gasteiger partial charge in [0.25, 0.3) is 5.91 Å². The van der Waals surface area contributed by atoms with Gasteiger partial charge in [-0.15, -0.1) is 10.2 Å². The zero-order chi connectivity index (χ0) is 22.4. The van der Waals surface area contributed by atoms with Crippen LogP contribution in [0.4, 0.5) is 5.13 Å². The first-order valence-electron chi connectivity index (χ1n) is 9.18.